The molecule has 1 aliphatic rings. The van der Waals surface area contributed by atoms with E-state index in [4.69, 9.17) is 4.74 Å². The third kappa shape index (κ3) is 4.40. The molecule has 84 valence electrons. The van der Waals surface area contributed by atoms with E-state index in [0.29, 0.717) is 0 Å². The van der Waals surface area contributed by atoms with Crippen LogP contribution in [-0.4, -0.2) is 62.8 Å². The molecule has 0 bridgehead atoms. The van der Waals surface area contributed by atoms with Crippen LogP contribution in [0.3, 0.4) is 0 Å². The number of ether oxygens (including phenoxy) is 1. The Morgan fingerprint density at radius 1 is 1.07 bits per heavy atom. The fourth-order valence-electron chi connectivity index (χ4n) is 1.79. The van der Waals surface area contributed by atoms with Gasteiger partial charge in [-0.3, -0.25) is 4.90 Å². The zero-order chi connectivity index (χ0) is 10.2. The Balaban J connectivity index is 2.05. The molecule has 0 amide bonds. The minimum absolute atomic E-state index is 0.860. The van der Waals surface area contributed by atoms with Crippen LogP contribution < -0.4 is 0 Å². The third-order valence-electron chi connectivity index (χ3n) is 2.80. The van der Waals surface area contributed by atoms with Gasteiger partial charge in [-0.15, -0.1) is 0 Å². The minimum Gasteiger partial charge on any atom is -0.383 e. The summed E-state index contributed by atoms with van der Waals surface area (Å²) in [5.41, 5.74) is 0. The summed E-state index contributed by atoms with van der Waals surface area (Å²) in [5.74, 6) is 0. The summed E-state index contributed by atoms with van der Waals surface area (Å²) in [7, 11) is 1.77. The smallest absolute Gasteiger partial charge is 0.0589 e. The molecule has 0 spiro atoms. The van der Waals surface area contributed by atoms with Crippen molar-refractivity contribution in [3.05, 3.63) is 6.92 Å². The molecule has 1 aliphatic heterocycles. The first-order chi connectivity index (χ1) is 6.86. The van der Waals surface area contributed by atoms with E-state index in [1.807, 2.05) is 0 Å². The van der Waals surface area contributed by atoms with E-state index >= 15 is 0 Å². The van der Waals surface area contributed by atoms with Gasteiger partial charge < -0.3 is 16.6 Å². The Bertz CT molecular complexity index is 117. The van der Waals surface area contributed by atoms with E-state index in [9.17, 15) is 0 Å². The van der Waals surface area contributed by atoms with Crippen molar-refractivity contribution in [2.45, 2.75) is 12.8 Å². The van der Waals surface area contributed by atoms with E-state index in [2.05, 4.69) is 16.7 Å². The van der Waals surface area contributed by atoms with Crippen LogP contribution >= 0.6 is 0 Å². The molecular formula is C11H23N2O-. The Kier molecular flexibility index (Phi) is 6.15. The van der Waals surface area contributed by atoms with Crippen molar-refractivity contribution in [2.24, 2.45) is 0 Å². The summed E-state index contributed by atoms with van der Waals surface area (Å²) in [6.45, 7) is 11.9. The molecule has 0 radical (unpaired) electrons. The molecule has 1 heterocycles. The highest BCUT2D eigenvalue weighted by Crippen LogP contribution is 2.02. The van der Waals surface area contributed by atoms with E-state index in [-0.39, 0.29) is 0 Å². The predicted molar refractivity (Wildman–Crippen MR) is 59.3 cm³/mol. The van der Waals surface area contributed by atoms with Gasteiger partial charge >= 0.3 is 0 Å². The standard InChI is InChI=1S/C11H23N2O/c1-3-4-5-12-6-8-13(9-7-12)10-11-14-2/h1,3-11H2,2H3/q-1. The molecule has 0 unspecified atom stereocenters. The highest BCUT2D eigenvalue weighted by molar-refractivity contribution is 4.71. The van der Waals surface area contributed by atoms with Gasteiger partial charge in [0.05, 0.1) is 6.61 Å². The van der Waals surface area contributed by atoms with Gasteiger partial charge in [0.2, 0.25) is 0 Å². The SMILES string of the molecule is [CH2-]CCCN1CCN(CCOC)CC1. The second-order valence-electron chi connectivity index (χ2n) is 3.88. The third-order valence-corrected chi connectivity index (χ3v) is 2.80. The van der Waals surface area contributed by atoms with Crippen molar-refractivity contribution in [1.82, 2.24) is 9.80 Å². The molecule has 0 aliphatic carbocycles. The van der Waals surface area contributed by atoms with Gasteiger partial charge in [-0.2, -0.15) is 6.42 Å². The summed E-state index contributed by atoms with van der Waals surface area (Å²) in [5, 5.41) is 0. The Morgan fingerprint density at radius 2 is 1.64 bits per heavy atom. The van der Waals surface area contributed by atoms with Gasteiger partial charge in [-0.1, -0.05) is 6.42 Å². The van der Waals surface area contributed by atoms with Gasteiger partial charge in [-0.25, -0.2) is 0 Å². The van der Waals surface area contributed by atoms with Crippen molar-refractivity contribution >= 4 is 0 Å². The number of hydrogen-bond donors (Lipinski definition) is 0. The lowest BCUT2D eigenvalue weighted by Gasteiger charge is -2.34. The van der Waals surface area contributed by atoms with Gasteiger partial charge in [-0.05, 0) is 6.54 Å². The summed E-state index contributed by atoms with van der Waals surface area (Å²) in [6.07, 6.45) is 2.29. The van der Waals surface area contributed by atoms with Crippen molar-refractivity contribution in [1.29, 1.82) is 0 Å². The summed E-state index contributed by atoms with van der Waals surface area (Å²) in [4.78, 5) is 5.01. The predicted octanol–water partition coefficient (Wildman–Crippen LogP) is 0.865. The average molecular weight is 199 g/mol. The van der Waals surface area contributed by atoms with Crippen LogP contribution in [0.4, 0.5) is 0 Å². The molecule has 3 nitrogen and oxygen atoms in total. The molecule has 0 aromatic rings. The molecule has 1 rings (SSSR count). The average Bonchev–Trinajstić information content (AvgIpc) is 2.25. The normalized spacial score (nSPS) is 20.1. The maximum atomic E-state index is 5.07. The van der Waals surface area contributed by atoms with Crippen LogP contribution in [0.15, 0.2) is 0 Å². The Labute approximate surface area is 88.0 Å². The second kappa shape index (κ2) is 7.21. The summed E-state index contributed by atoms with van der Waals surface area (Å²) >= 11 is 0. The molecule has 14 heavy (non-hydrogen) atoms. The van der Waals surface area contributed by atoms with Gasteiger partial charge in [0.15, 0.2) is 0 Å². The zero-order valence-electron chi connectivity index (χ0n) is 9.37. The molecule has 0 atom stereocenters. The van der Waals surface area contributed by atoms with Crippen LogP contribution in [0.25, 0.3) is 0 Å². The lowest BCUT2D eigenvalue weighted by molar-refractivity contribution is 0.0966. The molecule has 1 fully saturated rings. The van der Waals surface area contributed by atoms with Crippen molar-refractivity contribution in [3.8, 4) is 0 Å². The van der Waals surface area contributed by atoms with Crippen LogP contribution in [0.1, 0.15) is 12.8 Å². The summed E-state index contributed by atoms with van der Waals surface area (Å²) in [6, 6.07) is 0. The van der Waals surface area contributed by atoms with Crippen molar-refractivity contribution < 1.29 is 4.74 Å². The van der Waals surface area contributed by atoms with Gasteiger partial charge in [0.1, 0.15) is 0 Å². The molecule has 0 aromatic carbocycles. The minimum atomic E-state index is 0.860. The molecular weight excluding hydrogens is 176 g/mol. The van der Waals surface area contributed by atoms with E-state index in [1.54, 1.807) is 7.11 Å². The van der Waals surface area contributed by atoms with E-state index in [0.717, 1.165) is 19.6 Å². The quantitative estimate of drug-likeness (QED) is 0.590. The van der Waals surface area contributed by atoms with E-state index in [1.165, 1.54) is 39.1 Å². The Morgan fingerprint density at radius 3 is 2.14 bits per heavy atom. The van der Waals surface area contributed by atoms with Gasteiger partial charge in [0.25, 0.3) is 0 Å². The highest BCUT2D eigenvalue weighted by atomic mass is 16.5. The number of methoxy groups -OCH3 is 1. The molecule has 1 saturated heterocycles. The molecule has 0 aromatic heterocycles. The summed E-state index contributed by atoms with van der Waals surface area (Å²) < 4.78 is 5.07. The molecule has 3 heteroatoms. The van der Waals surface area contributed by atoms with Crippen molar-refractivity contribution in [2.75, 3.05) is 53.0 Å². The largest absolute Gasteiger partial charge is 0.383 e. The van der Waals surface area contributed by atoms with Crippen LogP contribution in [-0.2, 0) is 4.74 Å². The maximum Gasteiger partial charge on any atom is 0.0589 e. The highest BCUT2D eigenvalue weighted by Gasteiger charge is 2.14. The fraction of sp³-hybridized carbons (Fsp3) is 0.909. The number of unbranched alkanes of at least 4 members (excludes halogenated alkanes) is 1. The monoisotopic (exact) mass is 199 g/mol. The van der Waals surface area contributed by atoms with Crippen LogP contribution in [0, 0.1) is 6.92 Å². The van der Waals surface area contributed by atoms with Crippen LogP contribution in [0.5, 0.6) is 0 Å². The lowest BCUT2D eigenvalue weighted by Crippen LogP contribution is -2.47. The van der Waals surface area contributed by atoms with Crippen LogP contribution in [0.2, 0.25) is 0 Å². The molecule has 0 N–H and O–H groups in total. The number of hydrogen-bond acceptors (Lipinski definition) is 3. The first-order valence-corrected chi connectivity index (χ1v) is 5.59. The first kappa shape index (κ1) is 12.0. The van der Waals surface area contributed by atoms with Gasteiger partial charge in [0, 0.05) is 39.8 Å². The number of piperazine rings is 1. The zero-order valence-corrected chi connectivity index (χ0v) is 9.37. The first-order valence-electron chi connectivity index (χ1n) is 5.59. The fourth-order valence-corrected chi connectivity index (χ4v) is 1.79. The van der Waals surface area contributed by atoms with Crippen molar-refractivity contribution in [3.63, 3.8) is 0 Å². The maximum absolute atomic E-state index is 5.07. The Hall–Kier alpha value is -0.120. The number of nitrogens with zero attached hydrogens (tertiary/aromatic N) is 2. The second-order valence-corrected chi connectivity index (χ2v) is 3.88. The molecule has 0 saturated carbocycles. The number of rotatable bonds is 6. The topological polar surface area (TPSA) is 15.7 Å². The van der Waals surface area contributed by atoms with E-state index < -0.39 is 0 Å². The lowest BCUT2D eigenvalue weighted by atomic mass is 10.2.